The number of hydrogen-bond acceptors (Lipinski definition) is 4. The largest absolute Gasteiger partial charge is 0.376 e. The minimum absolute atomic E-state index is 0.113. The van der Waals surface area contributed by atoms with Crippen LogP contribution in [0.4, 0.5) is 16.2 Å². The van der Waals surface area contributed by atoms with Gasteiger partial charge < -0.3 is 20.7 Å². The third-order valence-electron chi connectivity index (χ3n) is 4.20. The molecule has 2 heterocycles. The van der Waals surface area contributed by atoms with Gasteiger partial charge in [-0.2, -0.15) is 0 Å². The first-order valence-corrected chi connectivity index (χ1v) is 9.48. The van der Waals surface area contributed by atoms with E-state index in [1.54, 1.807) is 35.6 Å². The Kier molecular flexibility index (Phi) is 5.90. The highest BCUT2D eigenvalue weighted by atomic mass is 32.1. The van der Waals surface area contributed by atoms with Crippen molar-refractivity contribution in [1.29, 1.82) is 0 Å². The van der Waals surface area contributed by atoms with Crippen molar-refractivity contribution in [2.45, 2.75) is 32.8 Å². The number of benzene rings is 1. The van der Waals surface area contributed by atoms with Gasteiger partial charge in [0.1, 0.15) is 0 Å². The number of nitrogens with one attached hydrogen (secondary N) is 3. The van der Waals surface area contributed by atoms with Crippen LogP contribution >= 0.6 is 11.3 Å². The molecule has 26 heavy (non-hydrogen) atoms. The SMILES string of the molecule is Cc1cc(C(=O)Nc2ccc(NC(=O)NCC3CCCO3)cc2)c(C)s1. The molecular weight excluding hydrogens is 350 g/mol. The second-order valence-corrected chi connectivity index (χ2v) is 7.79. The first-order chi connectivity index (χ1) is 12.5. The topological polar surface area (TPSA) is 79.5 Å². The number of hydrogen-bond donors (Lipinski definition) is 3. The highest BCUT2D eigenvalue weighted by Gasteiger charge is 2.16. The first kappa shape index (κ1) is 18.4. The van der Waals surface area contributed by atoms with E-state index in [9.17, 15) is 9.59 Å². The Hall–Kier alpha value is -2.38. The Labute approximate surface area is 156 Å². The van der Waals surface area contributed by atoms with Crippen LogP contribution in [-0.2, 0) is 4.74 Å². The van der Waals surface area contributed by atoms with Crippen LogP contribution in [0.2, 0.25) is 0 Å². The predicted molar refractivity (Wildman–Crippen MR) is 104 cm³/mol. The van der Waals surface area contributed by atoms with E-state index in [2.05, 4.69) is 16.0 Å². The second kappa shape index (κ2) is 8.33. The third kappa shape index (κ3) is 4.83. The van der Waals surface area contributed by atoms with Crippen LogP contribution in [-0.4, -0.2) is 31.2 Å². The van der Waals surface area contributed by atoms with E-state index >= 15 is 0 Å². The van der Waals surface area contributed by atoms with E-state index < -0.39 is 0 Å². The zero-order valence-electron chi connectivity index (χ0n) is 14.9. The fourth-order valence-electron chi connectivity index (χ4n) is 2.88. The molecule has 0 spiro atoms. The fraction of sp³-hybridized carbons (Fsp3) is 0.368. The minimum atomic E-state index is -0.262. The summed E-state index contributed by atoms with van der Waals surface area (Å²) >= 11 is 1.61. The van der Waals surface area contributed by atoms with Gasteiger partial charge in [-0.05, 0) is 57.0 Å². The summed E-state index contributed by atoms with van der Waals surface area (Å²) in [5, 5.41) is 8.46. The molecule has 1 aliphatic rings. The van der Waals surface area contributed by atoms with Crippen molar-refractivity contribution in [2.24, 2.45) is 0 Å². The molecule has 2 aromatic rings. The lowest BCUT2D eigenvalue weighted by atomic mass is 10.2. The Bertz CT molecular complexity index is 780. The summed E-state index contributed by atoms with van der Waals surface area (Å²) in [5.41, 5.74) is 2.04. The summed E-state index contributed by atoms with van der Waals surface area (Å²) in [6.45, 7) is 5.21. The van der Waals surface area contributed by atoms with Crippen molar-refractivity contribution in [3.63, 3.8) is 0 Å². The van der Waals surface area contributed by atoms with E-state index in [4.69, 9.17) is 4.74 Å². The number of ether oxygens (including phenoxy) is 1. The Balaban J connectivity index is 1.50. The Morgan fingerprint density at radius 1 is 1.15 bits per heavy atom. The van der Waals surface area contributed by atoms with Crippen LogP contribution in [0.15, 0.2) is 30.3 Å². The zero-order chi connectivity index (χ0) is 18.5. The molecule has 1 fully saturated rings. The summed E-state index contributed by atoms with van der Waals surface area (Å²) in [7, 11) is 0. The van der Waals surface area contributed by atoms with Crippen molar-refractivity contribution in [3.05, 3.63) is 45.6 Å². The van der Waals surface area contributed by atoms with E-state index in [1.165, 1.54) is 0 Å². The smallest absolute Gasteiger partial charge is 0.319 e. The molecule has 0 radical (unpaired) electrons. The first-order valence-electron chi connectivity index (χ1n) is 8.66. The molecule has 138 valence electrons. The molecule has 1 saturated heterocycles. The van der Waals surface area contributed by atoms with Crippen LogP contribution in [0.3, 0.4) is 0 Å². The second-order valence-electron chi connectivity index (χ2n) is 6.33. The molecule has 1 aromatic heterocycles. The molecule has 1 unspecified atom stereocenters. The summed E-state index contributed by atoms with van der Waals surface area (Å²) in [6.07, 6.45) is 2.14. The number of anilines is 2. The maximum Gasteiger partial charge on any atom is 0.319 e. The quantitative estimate of drug-likeness (QED) is 0.743. The molecule has 3 amide bonds. The van der Waals surface area contributed by atoms with Gasteiger partial charge in [0, 0.05) is 34.3 Å². The maximum atomic E-state index is 12.3. The van der Waals surface area contributed by atoms with E-state index in [-0.39, 0.29) is 18.0 Å². The maximum absolute atomic E-state index is 12.3. The van der Waals surface area contributed by atoms with Crippen LogP contribution in [0.5, 0.6) is 0 Å². The standard InChI is InChI=1S/C19H23N3O3S/c1-12-10-17(13(2)26-12)18(23)21-14-5-7-15(8-6-14)22-19(24)20-11-16-4-3-9-25-16/h5-8,10,16H,3-4,9,11H2,1-2H3,(H,21,23)(H2,20,22,24). The van der Waals surface area contributed by atoms with Crippen LogP contribution in [0.1, 0.15) is 33.0 Å². The number of amides is 3. The number of carbonyl (C=O) groups is 2. The van der Waals surface area contributed by atoms with E-state index in [1.807, 2.05) is 19.9 Å². The highest BCUT2D eigenvalue weighted by Crippen LogP contribution is 2.22. The molecule has 0 aliphatic carbocycles. The lowest BCUT2D eigenvalue weighted by Gasteiger charge is -2.12. The summed E-state index contributed by atoms with van der Waals surface area (Å²) in [6, 6.07) is 8.68. The average Bonchev–Trinajstić information content (AvgIpc) is 3.24. The minimum Gasteiger partial charge on any atom is -0.376 e. The molecule has 6 nitrogen and oxygen atoms in total. The lowest BCUT2D eigenvalue weighted by molar-refractivity contribution is 0.102. The van der Waals surface area contributed by atoms with Gasteiger partial charge in [0.25, 0.3) is 5.91 Å². The molecule has 1 atom stereocenters. The van der Waals surface area contributed by atoms with Gasteiger partial charge in [-0.3, -0.25) is 4.79 Å². The number of aryl methyl sites for hydroxylation is 2. The molecular formula is C19H23N3O3S. The normalized spacial score (nSPS) is 16.3. The van der Waals surface area contributed by atoms with Crippen molar-refractivity contribution in [1.82, 2.24) is 5.32 Å². The monoisotopic (exact) mass is 373 g/mol. The van der Waals surface area contributed by atoms with Gasteiger partial charge in [0.2, 0.25) is 0 Å². The van der Waals surface area contributed by atoms with Crippen molar-refractivity contribution in [3.8, 4) is 0 Å². The summed E-state index contributed by atoms with van der Waals surface area (Å²) < 4.78 is 5.47. The molecule has 3 N–H and O–H groups in total. The third-order valence-corrected chi connectivity index (χ3v) is 5.17. The van der Waals surface area contributed by atoms with Crippen molar-refractivity contribution >= 4 is 34.6 Å². The summed E-state index contributed by atoms with van der Waals surface area (Å²) in [5.74, 6) is -0.123. The van der Waals surface area contributed by atoms with Crippen molar-refractivity contribution in [2.75, 3.05) is 23.8 Å². The van der Waals surface area contributed by atoms with Crippen LogP contribution in [0.25, 0.3) is 0 Å². The lowest BCUT2D eigenvalue weighted by Crippen LogP contribution is -2.35. The zero-order valence-corrected chi connectivity index (χ0v) is 15.7. The van der Waals surface area contributed by atoms with Crippen LogP contribution in [0, 0.1) is 13.8 Å². The number of rotatable bonds is 5. The van der Waals surface area contributed by atoms with Gasteiger partial charge in [-0.1, -0.05) is 0 Å². The molecule has 3 rings (SSSR count). The van der Waals surface area contributed by atoms with Crippen molar-refractivity contribution < 1.29 is 14.3 Å². The summed E-state index contributed by atoms with van der Waals surface area (Å²) in [4.78, 5) is 26.3. The molecule has 1 aliphatic heterocycles. The average molecular weight is 373 g/mol. The van der Waals surface area contributed by atoms with Gasteiger partial charge in [-0.15, -0.1) is 11.3 Å². The van der Waals surface area contributed by atoms with Crippen LogP contribution < -0.4 is 16.0 Å². The van der Waals surface area contributed by atoms with Gasteiger partial charge in [-0.25, -0.2) is 4.79 Å². The van der Waals surface area contributed by atoms with Gasteiger partial charge >= 0.3 is 6.03 Å². The molecule has 0 bridgehead atoms. The van der Waals surface area contributed by atoms with E-state index in [0.29, 0.717) is 23.5 Å². The number of urea groups is 1. The highest BCUT2D eigenvalue weighted by molar-refractivity contribution is 7.12. The van der Waals surface area contributed by atoms with Gasteiger partial charge in [0.05, 0.1) is 11.7 Å². The fourth-order valence-corrected chi connectivity index (χ4v) is 3.80. The molecule has 1 aromatic carbocycles. The Morgan fingerprint density at radius 2 is 1.85 bits per heavy atom. The Morgan fingerprint density at radius 3 is 2.42 bits per heavy atom. The predicted octanol–water partition coefficient (Wildman–Crippen LogP) is 3.92. The molecule has 0 saturated carbocycles. The number of carbonyl (C=O) groups excluding carboxylic acids is 2. The van der Waals surface area contributed by atoms with Gasteiger partial charge in [0.15, 0.2) is 0 Å². The molecule has 7 heteroatoms. The van der Waals surface area contributed by atoms with E-state index in [0.717, 1.165) is 29.2 Å². The number of thiophene rings is 1.